The van der Waals surface area contributed by atoms with Gasteiger partial charge in [0.15, 0.2) is 0 Å². The summed E-state index contributed by atoms with van der Waals surface area (Å²) in [6, 6.07) is 11.6. The number of esters is 1. The summed E-state index contributed by atoms with van der Waals surface area (Å²) >= 11 is 9.87. The number of halogens is 2. The number of nitrogens with one attached hydrogen (secondary N) is 1. The van der Waals surface area contributed by atoms with Crippen LogP contribution in [0.2, 0.25) is 5.02 Å². The molecule has 1 aromatic heterocycles. The minimum atomic E-state index is -0.132. The zero-order valence-electron chi connectivity index (χ0n) is 18.5. The molecule has 174 valence electrons. The SMILES string of the molecule is CCOC(=O)CC1CCC(NC(=O)c2ccc(Cl)c3cnn(Cc4ccc(Br)cc4)c23)CC1. The zero-order chi connectivity index (χ0) is 23.4. The van der Waals surface area contributed by atoms with E-state index in [1.807, 2.05) is 35.9 Å². The van der Waals surface area contributed by atoms with Crippen molar-refractivity contribution in [3.8, 4) is 0 Å². The lowest BCUT2D eigenvalue weighted by molar-refractivity contribution is -0.144. The molecule has 1 aliphatic rings. The topological polar surface area (TPSA) is 73.2 Å². The average Bonchev–Trinajstić information content (AvgIpc) is 3.21. The van der Waals surface area contributed by atoms with Gasteiger partial charge in [0.2, 0.25) is 0 Å². The van der Waals surface area contributed by atoms with Gasteiger partial charge in [-0.15, -0.1) is 0 Å². The van der Waals surface area contributed by atoms with Crippen molar-refractivity contribution in [3.63, 3.8) is 0 Å². The van der Waals surface area contributed by atoms with Crippen molar-refractivity contribution in [2.24, 2.45) is 5.92 Å². The smallest absolute Gasteiger partial charge is 0.306 e. The average molecular weight is 533 g/mol. The summed E-state index contributed by atoms with van der Waals surface area (Å²) in [5, 5.41) is 9.04. The summed E-state index contributed by atoms with van der Waals surface area (Å²) < 4.78 is 7.91. The highest BCUT2D eigenvalue weighted by Gasteiger charge is 2.26. The molecule has 0 bridgehead atoms. The normalized spacial score (nSPS) is 18.3. The van der Waals surface area contributed by atoms with Gasteiger partial charge in [-0.05, 0) is 68.4 Å². The number of aromatic nitrogens is 2. The van der Waals surface area contributed by atoms with Crippen molar-refractivity contribution in [2.45, 2.75) is 51.6 Å². The number of fused-ring (bicyclic) bond motifs is 1. The Morgan fingerprint density at radius 1 is 1.15 bits per heavy atom. The summed E-state index contributed by atoms with van der Waals surface area (Å²) in [5.74, 6) is 0.0717. The number of carbonyl (C=O) groups excluding carboxylic acids is 2. The Morgan fingerprint density at radius 2 is 1.88 bits per heavy atom. The van der Waals surface area contributed by atoms with E-state index in [1.54, 1.807) is 18.3 Å². The monoisotopic (exact) mass is 531 g/mol. The van der Waals surface area contributed by atoms with Crippen molar-refractivity contribution >= 4 is 50.3 Å². The van der Waals surface area contributed by atoms with Crippen LogP contribution in [0.15, 0.2) is 47.1 Å². The number of hydrogen-bond acceptors (Lipinski definition) is 4. The molecule has 6 nitrogen and oxygen atoms in total. The summed E-state index contributed by atoms with van der Waals surface area (Å²) in [6.07, 6.45) is 5.69. The van der Waals surface area contributed by atoms with E-state index in [1.165, 1.54) is 0 Å². The van der Waals surface area contributed by atoms with E-state index in [0.717, 1.165) is 46.6 Å². The lowest BCUT2D eigenvalue weighted by Crippen LogP contribution is -2.38. The minimum absolute atomic E-state index is 0.0875. The number of ether oxygens (including phenoxy) is 1. The Balaban J connectivity index is 1.47. The number of nitrogens with zero attached hydrogens (tertiary/aromatic N) is 2. The van der Waals surface area contributed by atoms with Crippen molar-refractivity contribution in [3.05, 3.63) is 63.2 Å². The van der Waals surface area contributed by atoms with Crippen LogP contribution in [0, 0.1) is 5.92 Å². The number of benzene rings is 2. The Morgan fingerprint density at radius 3 is 2.58 bits per heavy atom. The summed E-state index contributed by atoms with van der Waals surface area (Å²) in [6.45, 7) is 2.78. The molecule has 0 unspecified atom stereocenters. The van der Waals surface area contributed by atoms with Crippen LogP contribution in [0.25, 0.3) is 10.9 Å². The third-order valence-corrected chi connectivity index (χ3v) is 7.04. The third kappa shape index (κ3) is 5.76. The highest BCUT2D eigenvalue weighted by Crippen LogP contribution is 2.30. The molecule has 1 amide bonds. The van der Waals surface area contributed by atoms with Crippen LogP contribution in [-0.2, 0) is 16.1 Å². The van der Waals surface area contributed by atoms with Crippen LogP contribution < -0.4 is 5.32 Å². The third-order valence-electron chi connectivity index (χ3n) is 6.18. The molecule has 0 atom stereocenters. The minimum Gasteiger partial charge on any atom is -0.466 e. The van der Waals surface area contributed by atoms with E-state index >= 15 is 0 Å². The van der Waals surface area contributed by atoms with Crippen LogP contribution in [0.4, 0.5) is 0 Å². The maximum absolute atomic E-state index is 13.3. The quantitative estimate of drug-likeness (QED) is 0.394. The predicted octanol–water partition coefficient (Wildman–Crippen LogP) is 5.74. The lowest BCUT2D eigenvalue weighted by atomic mass is 9.84. The molecule has 0 radical (unpaired) electrons. The summed E-state index contributed by atoms with van der Waals surface area (Å²) in [4.78, 5) is 25.0. The van der Waals surface area contributed by atoms with Crippen LogP contribution in [0.1, 0.15) is 54.9 Å². The molecule has 1 N–H and O–H groups in total. The first-order valence-electron chi connectivity index (χ1n) is 11.3. The summed E-state index contributed by atoms with van der Waals surface area (Å²) in [5.41, 5.74) is 2.38. The molecule has 1 aliphatic carbocycles. The first-order valence-corrected chi connectivity index (χ1v) is 12.5. The number of carbonyl (C=O) groups is 2. The Hall–Kier alpha value is -2.38. The molecule has 2 aromatic carbocycles. The molecule has 0 aliphatic heterocycles. The molecule has 1 fully saturated rings. The fraction of sp³-hybridized carbons (Fsp3) is 0.400. The van der Waals surface area contributed by atoms with Gasteiger partial charge >= 0.3 is 5.97 Å². The van der Waals surface area contributed by atoms with Crippen molar-refractivity contribution in [1.82, 2.24) is 15.1 Å². The van der Waals surface area contributed by atoms with E-state index in [9.17, 15) is 9.59 Å². The summed E-state index contributed by atoms with van der Waals surface area (Å²) in [7, 11) is 0. The number of rotatable bonds is 7. The van der Waals surface area contributed by atoms with Gasteiger partial charge in [0.25, 0.3) is 5.91 Å². The van der Waals surface area contributed by atoms with Gasteiger partial charge in [-0.2, -0.15) is 5.10 Å². The molecule has 4 rings (SSSR count). The number of hydrogen-bond donors (Lipinski definition) is 1. The van der Waals surface area contributed by atoms with Gasteiger partial charge < -0.3 is 10.1 Å². The second-order valence-corrected chi connectivity index (χ2v) is 9.81. The highest BCUT2D eigenvalue weighted by molar-refractivity contribution is 9.10. The van der Waals surface area contributed by atoms with Gasteiger partial charge in [-0.3, -0.25) is 14.3 Å². The maximum Gasteiger partial charge on any atom is 0.306 e. The van der Waals surface area contributed by atoms with E-state index in [0.29, 0.717) is 36.1 Å². The first-order chi connectivity index (χ1) is 15.9. The van der Waals surface area contributed by atoms with Crippen LogP contribution >= 0.6 is 27.5 Å². The van der Waals surface area contributed by atoms with Crippen molar-refractivity contribution in [1.29, 1.82) is 0 Å². The van der Waals surface area contributed by atoms with Gasteiger partial charge in [0.05, 0.1) is 35.5 Å². The van der Waals surface area contributed by atoms with Crippen LogP contribution in [-0.4, -0.2) is 34.3 Å². The molecule has 0 spiro atoms. The molecule has 1 saturated carbocycles. The molecular formula is C25H27BrClN3O3. The van der Waals surface area contributed by atoms with Gasteiger partial charge in [-0.25, -0.2) is 0 Å². The standard InChI is InChI=1S/C25H27BrClN3O3/c1-2-33-23(31)13-16-5-9-19(10-6-16)29-25(32)20-11-12-22(27)21-14-28-30(24(20)21)15-17-3-7-18(26)8-4-17/h3-4,7-8,11-12,14,16,19H,2,5-6,9-10,13,15H2,1H3,(H,29,32). The molecular weight excluding hydrogens is 506 g/mol. The fourth-order valence-corrected chi connectivity index (χ4v) is 4.93. The van der Waals surface area contributed by atoms with E-state index in [4.69, 9.17) is 16.3 Å². The van der Waals surface area contributed by atoms with E-state index in [-0.39, 0.29) is 17.9 Å². The fourth-order valence-electron chi connectivity index (χ4n) is 4.46. The van der Waals surface area contributed by atoms with Crippen LogP contribution in [0.3, 0.4) is 0 Å². The Kier molecular flexibility index (Phi) is 7.71. The van der Waals surface area contributed by atoms with Crippen molar-refractivity contribution in [2.75, 3.05) is 6.61 Å². The largest absolute Gasteiger partial charge is 0.466 e. The van der Waals surface area contributed by atoms with E-state index in [2.05, 4.69) is 26.3 Å². The molecule has 1 heterocycles. The lowest BCUT2D eigenvalue weighted by Gasteiger charge is -2.28. The zero-order valence-corrected chi connectivity index (χ0v) is 20.9. The second-order valence-electron chi connectivity index (χ2n) is 8.49. The molecule has 3 aromatic rings. The Bertz CT molecular complexity index is 1140. The van der Waals surface area contributed by atoms with Gasteiger partial charge in [-0.1, -0.05) is 39.7 Å². The maximum atomic E-state index is 13.3. The first kappa shape index (κ1) is 23.8. The van der Waals surface area contributed by atoms with Crippen LogP contribution in [0.5, 0.6) is 0 Å². The van der Waals surface area contributed by atoms with E-state index < -0.39 is 0 Å². The Labute approximate surface area is 206 Å². The molecule has 0 saturated heterocycles. The number of amides is 1. The predicted molar refractivity (Wildman–Crippen MR) is 132 cm³/mol. The van der Waals surface area contributed by atoms with Crippen molar-refractivity contribution < 1.29 is 14.3 Å². The molecule has 33 heavy (non-hydrogen) atoms. The van der Waals surface area contributed by atoms with Gasteiger partial charge in [0.1, 0.15) is 0 Å². The van der Waals surface area contributed by atoms with Gasteiger partial charge in [0, 0.05) is 22.3 Å². The molecule has 8 heteroatoms. The highest BCUT2D eigenvalue weighted by atomic mass is 79.9. The second kappa shape index (κ2) is 10.7.